The van der Waals surface area contributed by atoms with Crippen molar-refractivity contribution in [2.45, 2.75) is 70.1 Å². The van der Waals surface area contributed by atoms with E-state index in [0.717, 1.165) is 28.1 Å². The van der Waals surface area contributed by atoms with Crippen molar-refractivity contribution in [3.8, 4) is 0 Å². The van der Waals surface area contributed by atoms with Crippen LogP contribution in [0.4, 0.5) is 0 Å². The average Bonchev–Trinajstić information content (AvgIpc) is 3.61. The van der Waals surface area contributed by atoms with Gasteiger partial charge in [0.2, 0.25) is 0 Å². The van der Waals surface area contributed by atoms with Crippen LogP contribution in [0.2, 0.25) is 0 Å². The maximum absolute atomic E-state index is 5.89. The highest BCUT2D eigenvalue weighted by molar-refractivity contribution is 6.15. The van der Waals surface area contributed by atoms with E-state index in [4.69, 9.17) is 15.0 Å². The summed E-state index contributed by atoms with van der Waals surface area (Å²) in [5, 5.41) is 3.65. The highest BCUT2D eigenvalue weighted by atomic mass is 15.1. The number of hydrogen-bond acceptors (Lipinski definition) is 3. The first kappa shape index (κ1) is 32.3. The predicted molar refractivity (Wildman–Crippen MR) is 213 cm³/mol. The summed E-state index contributed by atoms with van der Waals surface area (Å²) in [6.07, 6.45) is 3.81. The minimum Gasteiger partial charge on any atom is -0.295 e. The van der Waals surface area contributed by atoms with E-state index < -0.39 is 10.8 Å². The Hall–Kier alpha value is -5.61. The summed E-state index contributed by atoms with van der Waals surface area (Å²) in [6.45, 7) is 16.5. The molecule has 4 aromatic heterocycles. The van der Waals surface area contributed by atoms with Crippen molar-refractivity contribution >= 4 is 27.3 Å². The molecule has 0 spiro atoms. The van der Waals surface area contributed by atoms with Gasteiger partial charge >= 0.3 is 0 Å². The fourth-order valence-corrected chi connectivity index (χ4v) is 9.13. The van der Waals surface area contributed by atoms with Gasteiger partial charge in [-0.2, -0.15) is 0 Å². The van der Waals surface area contributed by atoms with Crippen LogP contribution in [0.25, 0.3) is 27.3 Å². The molecule has 0 amide bonds. The van der Waals surface area contributed by atoms with Crippen molar-refractivity contribution < 1.29 is 0 Å². The number of hydrogen-bond donors (Lipinski definition) is 0. The first-order chi connectivity index (χ1) is 25.0. The van der Waals surface area contributed by atoms with Crippen LogP contribution in [0.15, 0.2) is 140 Å². The second kappa shape index (κ2) is 11.2. The van der Waals surface area contributed by atoms with E-state index in [-0.39, 0.29) is 10.8 Å². The molecule has 1 unspecified atom stereocenters. The van der Waals surface area contributed by atoms with Gasteiger partial charge in [-0.3, -0.25) is 14.4 Å². The van der Waals surface area contributed by atoms with Gasteiger partial charge in [0.05, 0.1) is 39.1 Å². The van der Waals surface area contributed by atoms with Gasteiger partial charge in [0, 0.05) is 34.0 Å². The number of imidazole rings is 1. The molecule has 1 aliphatic heterocycles. The minimum atomic E-state index is -0.624. The second-order valence-electron chi connectivity index (χ2n) is 16.0. The average molecular weight is 677 g/mol. The predicted octanol–water partition coefficient (Wildman–Crippen LogP) is 11.0. The Labute approximate surface area is 306 Å². The van der Waals surface area contributed by atoms with Gasteiger partial charge in [0.1, 0.15) is 5.65 Å². The second-order valence-corrected chi connectivity index (χ2v) is 16.0. The molecule has 52 heavy (non-hydrogen) atoms. The molecule has 0 N–H and O–H groups in total. The fraction of sp³-hybridized carbons (Fsp3) is 0.229. The lowest BCUT2D eigenvalue weighted by Crippen LogP contribution is -2.46. The Morgan fingerprint density at radius 3 is 1.73 bits per heavy atom. The van der Waals surface area contributed by atoms with Crippen molar-refractivity contribution in [3.63, 3.8) is 0 Å². The molecule has 9 rings (SSSR count). The quantitative estimate of drug-likeness (QED) is 0.165. The molecule has 0 saturated carbocycles. The lowest BCUT2D eigenvalue weighted by Gasteiger charge is -2.47. The molecule has 0 saturated heterocycles. The Bertz CT molecular complexity index is 2560. The first-order valence-corrected chi connectivity index (χ1v) is 18.4. The van der Waals surface area contributed by atoms with E-state index in [1.165, 1.54) is 49.8 Å². The summed E-state index contributed by atoms with van der Waals surface area (Å²) in [7, 11) is 0. The molecule has 0 bridgehead atoms. The van der Waals surface area contributed by atoms with E-state index in [1.807, 2.05) is 24.5 Å². The summed E-state index contributed by atoms with van der Waals surface area (Å²) in [5.74, 6) is 0. The number of rotatable bonds is 6. The van der Waals surface area contributed by atoms with Crippen LogP contribution >= 0.6 is 0 Å². The molecule has 0 radical (unpaired) electrons. The SMILES string of the molecule is Cc1ccc2c3c1c1ccc(C(C)(c4ccccc4)c4ccccn4)cc1c1nc([C@](C)(c4ccccc4)c4ccccn4)c(n13)C(C)(C)C2(C)C. The summed E-state index contributed by atoms with van der Waals surface area (Å²) in [5.41, 5.74) is 11.1. The lowest BCUT2D eigenvalue weighted by molar-refractivity contribution is 0.284. The van der Waals surface area contributed by atoms with E-state index in [9.17, 15) is 0 Å². The Balaban J connectivity index is 1.48. The molecule has 4 nitrogen and oxygen atoms in total. The highest BCUT2D eigenvalue weighted by Gasteiger charge is 2.51. The van der Waals surface area contributed by atoms with Gasteiger partial charge in [0.25, 0.3) is 0 Å². The number of fused-ring (bicyclic) bond motifs is 3. The molecule has 256 valence electrons. The summed E-state index contributed by atoms with van der Waals surface area (Å²) >= 11 is 0. The van der Waals surface area contributed by atoms with Gasteiger partial charge in [-0.1, -0.05) is 125 Å². The summed E-state index contributed by atoms with van der Waals surface area (Å²) in [6, 6.07) is 45.8. The van der Waals surface area contributed by atoms with E-state index in [0.29, 0.717) is 0 Å². The van der Waals surface area contributed by atoms with Crippen LogP contribution < -0.4 is 0 Å². The van der Waals surface area contributed by atoms with Gasteiger partial charge in [-0.25, -0.2) is 4.98 Å². The maximum atomic E-state index is 5.89. The van der Waals surface area contributed by atoms with E-state index in [2.05, 4.69) is 168 Å². The van der Waals surface area contributed by atoms with Crippen molar-refractivity contribution in [2.75, 3.05) is 0 Å². The summed E-state index contributed by atoms with van der Waals surface area (Å²) < 4.78 is 2.54. The topological polar surface area (TPSA) is 43.1 Å². The highest BCUT2D eigenvalue weighted by Crippen LogP contribution is 2.55. The van der Waals surface area contributed by atoms with Crippen LogP contribution in [0.5, 0.6) is 0 Å². The van der Waals surface area contributed by atoms with E-state index >= 15 is 0 Å². The number of benzene rings is 4. The Morgan fingerprint density at radius 2 is 1.13 bits per heavy atom. The molecular formula is C48H44N4. The third kappa shape index (κ3) is 4.18. The van der Waals surface area contributed by atoms with Gasteiger partial charge in [-0.05, 0) is 84.3 Å². The largest absolute Gasteiger partial charge is 0.295 e. The van der Waals surface area contributed by atoms with Crippen molar-refractivity contribution in [2.24, 2.45) is 0 Å². The normalized spacial score (nSPS) is 17.0. The maximum Gasteiger partial charge on any atom is 0.145 e. The molecule has 4 heteroatoms. The third-order valence-electron chi connectivity index (χ3n) is 13.0. The molecule has 4 aromatic carbocycles. The molecule has 5 heterocycles. The third-order valence-corrected chi connectivity index (χ3v) is 13.0. The smallest absolute Gasteiger partial charge is 0.145 e. The van der Waals surface area contributed by atoms with Crippen LogP contribution in [0.3, 0.4) is 0 Å². The zero-order valence-corrected chi connectivity index (χ0v) is 31.1. The zero-order chi connectivity index (χ0) is 36.0. The van der Waals surface area contributed by atoms with Crippen molar-refractivity contribution in [1.82, 2.24) is 19.4 Å². The number of aromatic nitrogens is 4. The van der Waals surface area contributed by atoms with Crippen LogP contribution in [0, 0.1) is 6.92 Å². The number of pyridine rings is 3. The minimum absolute atomic E-state index is 0.198. The lowest BCUT2D eigenvalue weighted by atomic mass is 9.58. The summed E-state index contributed by atoms with van der Waals surface area (Å²) in [4.78, 5) is 15.9. The fourth-order valence-electron chi connectivity index (χ4n) is 9.13. The standard InChI is InChI=1S/C48H44N4/c1-31-24-27-37-41-40(31)35-26-25-34(47(6,32-18-10-8-11-19-32)38-22-14-16-28-49-38)30-36(35)44-51-42(43(52(41)44)46(4,5)45(37,2)3)48(7,33-20-12-9-13-21-33)39-23-15-17-29-50-39/h8-30H,1-7H3/t47?,48-/m1/s1. The first-order valence-electron chi connectivity index (χ1n) is 18.4. The molecule has 0 fully saturated rings. The van der Waals surface area contributed by atoms with Gasteiger partial charge < -0.3 is 0 Å². The molecule has 0 aliphatic carbocycles. The molecular weight excluding hydrogens is 633 g/mol. The van der Waals surface area contributed by atoms with E-state index in [1.54, 1.807) is 0 Å². The Morgan fingerprint density at radius 1 is 0.558 bits per heavy atom. The van der Waals surface area contributed by atoms with Crippen LogP contribution in [-0.2, 0) is 21.7 Å². The Kier molecular flexibility index (Phi) is 6.95. The monoisotopic (exact) mass is 676 g/mol. The van der Waals surface area contributed by atoms with Gasteiger partial charge in [0.15, 0.2) is 0 Å². The zero-order valence-electron chi connectivity index (χ0n) is 31.1. The van der Waals surface area contributed by atoms with Crippen molar-refractivity contribution in [3.05, 3.63) is 190 Å². The molecule has 8 aromatic rings. The number of nitrogens with zero attached hydrogens (tertiary/aromatic N) is 4. The van der Waals surface area contributed by atoms with Crippen molar-refractivity contribution in [1.29, 1.82) is 0 Å². The number of aryl methyl sites for hydroxylation is 1. The van der Waals surface area contributed by atoms with Crippen LogP contribution in [-0.4, -0.2) is 19.4 Å². The van der Waals surface area contributed by atoms with Gasteiger partial charge in [-0.15, -0.1) is 0 Å². The van der Waals surface area contributed by atoms with Crippen LogP contribution in [0.1, 0.15) is 92.1 Å². The molecule has 1 aliphatic rings. The molecule has 2 atom stereocenters.